The lowest BCUT2D eigenvalue weighted by atomic mass is 10.2. The molecule has 0 saturated heterocycles. The van der Waals surface area contributed by atoms with Gasteiger partial charge in [0, 0.05) is 0 Å². The van der Waals surface area contributed by atoms with Gasteiger partial charge in [0.25, 0.3) is 0 Å². The van der Waals surface area contributed by atoms with Gasteiger partial charge in [-0.05, 0) is 25.0 Å². The molecule has 0 spiro atoms. The Morgan fingerprint density at radius 2 is 2.44 bits per heavy atom. The summed E-state index contributed by atoms with van der Waals surface area (Å²) in [5, 5.41) is 8.90. The lowest BCUT2D eigenvalue weighted by Crippen LogP contribution is -1.99. The largest absolute Gasteiger partial charge is 0.389 e. The molecule has 0 aromatic rings. The molecule has 1 aliphatic rings. The zero-order valence-electron chi connectivity index (χ0n) is 5.05. The Kier molecular flexibility index (Phi) is 2.01. The molecule has 0 amide bonds. The highest BCUT2D eigenvalue weighted by Gasteiger charge is 2.02. The molecule has 2 heteroatoms. The van der Waals surface area contributed by atoms with Crippen molar-refractivity contribution in [3.8, 4) is 0 Å². The van der Waals surface area contributed by atoms with Crippen molar-refractivity contribution in [3.63, 3.8) is 0 Å². The van der Waals surface area contributed by atoms with E-state index in [-0.39, 0.29) is 5.83 Å². The van der Waals surface area contributed by atoms with Crippen LogP contribution in [0.15, 0.2) is 24.1 Å². The van der Waals surface area contributed by atoms with Gasteiger partial charge < -0.3 is 5.11 Å². The number of aliphatic hydroxyl groups is 1. The van der Waals surface area contributed by atoms with Crippen LogP contribution in [0.5, 0.6) is 0 Å². The minimum atomic E-state index is -0.597. The van der Waals surface area contributed by atoms with Crippen LogP contribution in [0.1, 0.15) is 12.8 Å². The van der Waals surface area contributed by atoms with Crippen LogP contribution in [0.3, 0.4) is 0 Å². The number of hydrogen-bond acceptors (Lipinski definition) is 1. The highest BCUT2D eigenvalue weighted by Crippen LogP contribution is 2.10. The Labute approximate surface area is 53.5 Å². The first-order chi connectivity index (χ1) is 4.29. The van der Waals surface area contributed by atoms with Gasteiger partial charge in [-0.2, -0.15) is 0 Å². The SMILES string of the molecule is OC1C=C(F)C=CCC1. The van der Waals surface area contributed by atoms with Crippen molar-refractivity contribution in [2.24, 2.45) is 0 Å². The highest BCUT2D eigenvalue weighted by atomic mass is 19.1. The number of rotatable bonds is 0. The fourth-order valence-electron chi connectivity index (χ4n) is 0.786. The highest BCUT2D eigenvalue weighted by molar-refractivity contribution is 5.15. The molecule has 1 nitrogen and oxygen atoms in total. The second-order valence-corrected chi connectivity index (χ2v) is 2.10. The van der Waals surface area contributed by atoms with Crippen molar-refractivity contribution in [1.82, 2.24) is 0 Å². The summed E-state index contributed by atoms with van der Waals surface area (Å²) in [4.78, 5) is 0. The first kappa shape index (κ1) is 6.49. The molecule has 0 radical (unpaired) electrons. The molecule has 0 aromatic heterocycles. The number of allylic oxidation sites excluding steroid dienone is 3. The Morgan fingerprint density at radius 3 is 3.22 bits per heavy atom. The normalized spacial score (nSPS) is 27.3. The van der Waals surface area contributed by atoms with E-state index < -0.39 is 6.10 Å². The average molecular weight is 128 g/mol. The second kappa shape index (κ2) is 2.78. The van der Waals surface area contributed by atoms with E-state index >= 15 is 0 Å². The Bertz CT molecular complexity index is 149. The third kappa shape index (κ3) is 1.98. The van der Waals surface area contributed by atoms with E-state index in [1.807, 2.05) is 0 Å². The summed E-state index contributed by atoms with van der Waals surface area (Å²) in [6.45, 7) is 0. The van der Waals surface area contributed by atoms with Crippen LogP contribution >= 0.6 is 0 Å². The van der Waals surface area contributed by atoms with E-state index in [4.69, 9.17) is 5.11 Å². The molecule has 0 aliphatic heterocycles. The molecule has 0 saturated carbocycles. The summed E-state index contributed by atoms with van der Waals surface area (Å²) < 4.78 is 12.3. The summed E-state index contributed by atoms with van der Waals surface area (Å²) in [7, 11) is 0. The molecule has 1 N–H and O–H groups in total. The van der Waals surface area contributed by atoms with Crippen molar-refractivity contribution in [2.75, 3.05) is 0 Å². The molecule has 9 heavy (non-hydrogen) atoms. The second-order valence-electron chi connectivity index (χ2n) is 2.10. The maximum Gasteiger partial charge on any atom is 0.121 e. The third-order valence-electron chi connectivity index (χ3n) is 1.26. The third-order valence-corrected chi connectivity index (χ3v) is 1.26. The summed E-state index contributed by atoms with van der Waals surface area (Å²) in [5.74, 6) is -0.333. The number of hydrogen-bond donors (Lipinski definition) is 1. The summed E-state index contributed by atoms with van der Waals surface area (Å²) >= 11 is 0. The molecule has 1 unspecified atom stereocenters. The molecule has 0 bridgehead atoms. The van der Waals surface area contributed by atoms with Crippen molar-refractivity contribution < 1.29 is 9.50 Å². The average Bonchev–Trinajstić information content (AvgIpc) is 1.93. The van der Waals surface area contributed by atoms with Gasteiger partial charge in [-0.1, -0.05) is 6.08 Å². The van der Waals surface area contributed by atoms with E-state index in [1.54, 1.807) is 6.08 Å². The molecule has 1 atom stereocenters. The Balaban J connectivity index is 2.62. The summed E-state index contributed by atoms with van der Waals surface area (Å²) in [5.41, 5.74) is 0. The predicted molar refractivity (Wildman–Crippen MR) is 33.6 cm³/mol. The van der Waals surface area contributed by atoms with E-state index in [9.17, 15) is 4.39 Å². The van der Waals surface area contributed by atoms with Gasteiger partial charge in [-0.3, -0.25) is 0 Å². The molecule has 0 aromatic carbocycles. The maximum absolute atomic E-state index is 12.3. The first-order valence-electron chi connectivity index (χ1n) is 3.01. The van der Waals surface area contributed by atoms with Crippen LogP contribution in [0, 0.1) is 0 Å². The van der Waals surface area contributed by atoms with Crippen molar-refractivity contribution in [1.29, 1.82) is 0 Å². The fourth-order valence-corrected chi connectivity index (χ4v) is 0.786. The maximum atomic E-state index is 12.3. The van der Waals surface area contributed by atoms with Gasteiger partial charge in [-0.25, -0.2) is 4.39 Å². The monoisotopic (exact) mass is 128 g/mol. The van der Waals surface area contributed by atoms with E-state index in [0.29, 0.717) is 6.42 Å². The van der Waals surface area contributed by atoms with Crippen LogP contribution < -0.4 is 0 Å². The van der Waals surface area contributed by atoms with Crippen LogP contribution in [0.25, 0.3) is 0 Å². The van der Waals surface area contributed by atoms with E-state index in [1.165, 1.54) is 12.2 Å². The smallest absolute Gasteiger partial charge is 0.121 e. The number of aliphatic hydroxyl groups excluding tert-OH is 1. The predicted octanol–water partition coefficient (Wildman–Crippen LogP) is 1.55. The number of halogens is 1. The van der Waals surface area contributed by atoms with Gasteiger partial charge in [-0.15, -0.1) is 0 Å². The lowest BCUT2D eigenvalue weighted by molar-refractivity contribution is 0.212. The van der Waals surface area contributed by atoms with Crippen molar-refractivity contribution in [3.05, 3.63) is 24.1 Å². The first-order valence-corrected chi connectivity index (χ1v) is 3.01. The molecule has 1 aliphatic carbocycles. The molecular weight excluding hydrogens is 119 g/mol. The molecule has 0 fully saturated rings. The summed E-state index contributed by atoms with van der Waals surface area (Å²) in [6.07, 6.45) is 5.12. The van der Waals surface area contributed by atoms with Crippen LogP contribution in [-0.4, -0.2) is 11.2 Å². The summed E-state index contributed by atoms with van der Waals surface area (Å²) in [6, 6.07) is 0. The Hall–Kier alpha value is -0.630. The van der Waals surface area contributed by atoms with Gasteiger partial charge in [0.2, 0.25) is 0 Å². The minimum Gasteiger partial charge on any atom is -0.389 e. The molecular formula is C7H9FO. The van der Waals surface area contributed by atoms with Crippen molar-refractivity contribution in [2.45, 2.75) is 18.9 Å². The minimum absolute atomic E-state index is 0.333. The van der Waals surface area contributed by atoms with Crippen LogP contribution in [0.2, 0.25) is 0 Å². The Morgan fingerprint density at radius 1 is 1.67 bits per heavy atom. The van der Waals surface area contributed by atoms with Gasteiger partial charge in [0.15, 0.2) is 0 Å². The van der Waals surface area contributed by atoms with Gasteiger partial charge >= 0.3 is 0 Å². The van der Waals surface area contributed by atoms with Crippen LogP contribution in [0.4, 0.5) is 4.39 Å². The molecule has 0 heterocycles. The standard InChI is InChI=1S/C7H9FO/c8-6-3-1-2-4-7(9)5-6/h1,3,5,7,9H,2,4H2. The van der Waals surface area contributed by atoms with E-state index in [0.717, 1.165) is 6.42 Å². The van der Waals surface area contributed by atoms with Gasteiger partial charge in [0.05, 0.1) is 6.10 Å². The molecule has 50 valence electrons. The zero-order valence-corrected chi connectivity index (χ0v) is 5.05. The topological polar surface area (TPSA) is 20.2 Å². The van der Waals surface area contributed by atoms with Gasteiger partial charge in [0.1, 0.15) is 5.83 Å². The fraction of sp³-hybridized carbons (Fsp3) is 0.429. The van der Waals surface area contributed by atoms with Crippen LogP contribution in [-0.2, 0) is 0 Å². The van der Waals surface area contributed by atoms with E-state index in [2.05, 4.69) is 0 Å². The molecule has 1 rings (SSSR count). The van der Waals surface area contributed by atoms with Crippen molar-refractivity contribution >= 4 is 0 Å². The quantitative estimate of drug-likeness (QED) is 0.524. The zero-order chi connectivity index (χ0) is 6.69. The lowest BCUT2D eigenvalue weighted by Gasteiger charge is -1.97.